The van der Waals surface area contributed by atoms with Crippen molar-refractivity contribution in [2.75, 3.05) is 20.2 Å². The number of hydrogen-bond acceptors (Lipinski definition) is 5. The molecule has 0 aromatic rings. The standard InChI is InChI=1S/C24H39NO4/c1-22-11-7-12-23(2,28-3)24(22,27)14-18-19(21(26)29-20(18)15-22)16-25-13-10-17-8-5-4-6-9-17/h8,18-20,25,27H,4-7,9-16H2,1-3H3. The van der Waals surface area contributed by atoms with E-state index in [2.05, 4.69) is 18.3 Å². The quantitative estimate of drug-likeness (QED) is 0.400. The van der Waals surface area contributed by atoms with Gasteiger partial charge in [0.2, 0.25) is 0 Å². The predicted octanol–water partition coefficient (Wildman–Crippen LogP) is 3.74. The maximum atomic E-state index is 12.7. The van der Waals surface area contributed by atoms with E-state index in [1.807, 2.05) is 6.92 Å². The van der Waals surface area contributed by atoms with Crippen LogP contribution in [0.1, 0.15) is 78.1 Å². The number of carbonyl (C=O) groups is 1. The van der Waals surface area contributed by atoms with Gasteiger partial charge in [-0.2, -0.15) is 0 Å². The first-order valence-corrected chi connectivity index (χ1v) is 11.7. The number of methoxy groups -OCH3 is 1. The van der Waals surface area contributed by atoms with Gasteiger partial charge in [-0.3, -0.25) is 4.79 Å². The summed E-state index contributed by atoms with van der Waals surface area (Å²) in [6, 6.07) is 0. The van der Waals surface area contributed by atoms with Crippen LogP contribution in [0.15, 0.2) is 11.6 Å². The molecule has 6 atom stereocenters. The third-order valence-corrected chi connectivity index (χ3v) is 8.83. The number of allylic oxidation sites excluding steroid dienone is 1. The number of ether oxygens (including phenoxy) is 2. The average molecular weight is 406 g/mol. The van der Waals surface area contributed by atoms with Gasteiger partial charge in [-0.05, 0) is 77.7 Å². The lowest BCUT2D eigenvalue weighted by Gasteiger charge is -2.62. The molecule has 2 saturated carbocycles. The highest BCUT2D eigenvalue weighted by Crippen LogP contribution is 2.61. The third kappa shape index (κ3) is 3.57. The van der Waals surface area contributed by atoms with Crippen molar-refractivity contribution in [2.24, 2.45) is 17.3 Å². The maximum absolute atomic E-state index is 12.7. The molecular formula is C24H39NO4. The molecule has 1 heterocycles. The molecule has 6 unspecified atom stereocenters. The molecule has 0 amide bonds. The number of hydrogen-bond donors (Lipinski definition) is 2. The van der Waals surface area contributed by atoms with Crippen LogP contribution in [0.3, 0.4) is 0 Å². The summed E-state index contributed by atoms with van der Waals surface area (Å²) < 4.78 is 11.7. The largest absolute Gasteiger partial charge is 0.462 e. The van der Waals surface area contributed by atoms with Gasteiger partial charge in [0.1, 0.15) is 6.10 Å². The van der Waals surface area contributed by atoms with E-state index in [0.29, 0.717) is 13.0 Å². The number of carbonyl (C=O) groups excluding carboxylic acids is 1. The fourth-order valence-corrected chi connectivity index (χ4v) is 6.75. The highest BCUT2D eigenvalue weighted by atomic mass is 16.6. The number of rotatable bonds is 6. The summed E-state index contributed by atoms with van der Waals surface area (Å²) in [5.74, 6) is -0.194. The molecule has 29 heavy (non-hydrogen) atoms. The lowest BCUT2D eigenvalue weighted by atomic mass is 9.49. The molecular weight excluding hydrogens is 366 g/mol. The van der Waals surface area contributed by atoms with E-state index in [0.717, 1.165) is 38.6 Å². The van der Waals surface area contributed by atoms with Crippen LogP contribution in [0.4, 0.5) is 0 Å². The van der Waals surface area contributed by atoms with Crippen LogP contribution in [-0.2, 0) is 14.3 Å². The SMILES string of the molecule is COC1(C)CCCC2(C)CC3OC(=O)C(CNCCC4=CCCCC4)C3CC21O. The summed E-state index contributed by atoms with van der Waals surface area (Å²) in [4.78, 5) is 12.7. The zero-order valence-corrected chi connectivity index (χ0v) is 18.5. The molecule has 2 N–H and O–H groups in total. The molecule has 164 valence electrons. The first kappa shape index (κ1) is 21.3. The van der Waals surface area contributed by atoms with Gasteiger partial charge in [0.15, 0.2) is 0 Å². The molecule has 0 aromatic heterocycles. The van der Waals surface area contributed by atoms with E-state index in [1.54, 1.807) is 12.7 Å². The molecule has 3 aliphatic carbocycles. The minimum atomic E-state index is -0.923. The first-order chi connectivity index (χ1) is 13.8. The monoisotopic (exact) mass is 405 g/mol. The number of esters is 1. The van der Waals surface area contributed by atoms with Crippen molar-refractivity contribution in [1.82, 2.24) is 5.32 Å². The van der Waals surface area contributed by atoms with Gasteiger partial charge in [0, 0.05) is 25.0 Å². The molecule has 1 aliphatic heterocycles. The van der Waals surface area contributed by atoms with Gasteiger partial charge in [-0.1, -0.05) is 18.6 Å². The highest BCUT2D eigenvalue weighted by Gasteiger charge is 2.67. The second-order valence-corrected chi connectivity index (χ2v) is 10.4. The summed E-state index contributed by atoms with van der Waals surface area (Å²) in [6.07, 6.45) is 12.6. The topological polar surface area (TPSA) is 67.8 Å². The molecule has 3 fully saturated rings. The van der Waals surface area contributed by atoms with Crippen LogP contribution in [-0.4, -0.2) is 48.6 Å². The second kappa shape index (κ2) is 7.97. The molecule has 5 nitrogen and oxygen atoms in total. The van der Waals surface area contributed by atoms with Crippen LogP contribution >= 0.6 is 0 Å². The molecule has 0 spiro atoms. The highest BCUT2D eigenvalue weighted by molar-refractivity contribution is 5.75. The Balaban J connectivity index is 1.42. The van der Waals surface area contributed by atoms with Crippen molar-refractivity contribution < 1.29 is 19.4 Å². The summed E-state index contributed by atoms with van der Waals surface area (Å²) in [6.45, 7) is 5.76. The maximum Gasteiger partial charge on any atom is 0.310 e. The van der Waals surface area contributed by atoms with Gasteiger partial charge in [-0.15, -0.1) is 0 Å². The summed E-state index contributed by atoms with van der Waals surface area (Å²) in [5.41, 5.74) is -0.209. The Labute approximate surface area is 175 Å². The minimum absolute atomic E-state index is 0.0644. The van der Waals surface area contributed by atoms with Crippen LogP contribution in [0, 0.1) is 17.3 Å². The van der Waals surface area contributed by atoms with Gasteiger partial charge in [0.05, 0.1) is 17.1 Å². The Morgan fingerprint density at radius 2 is 2.07 bits per heavy atom. The first-order valence-electron chi connectivity index (χ1n) is 11.7. The molecule has 5 heteroatoms. The third-order valence-electron chi connectivity index (χ3n) is 8.83. The van der Waals surface area contributed by atoms with E-state index < -0.39 is 11.2 Å². The number of fused-ring (bicyclic) bond motifs is 2. The molecule has 4 aliphatic rings. The Hall–Kier alpha value is -0.910. The summed E-state index contributed by atoms with van der Waals surface area (Å²) in [5, 5.41) is 15.5. The Morgan fingerprint density at radius 1 is 1.24 bits per heavy atom. The van der Waals surface area contributed by atoms with E-state index >= 15 is 0 Å². The molecule has 4 rings (SSSR count). The lowest BCUT2D eigenvalue weighted by molar-refractivity contribution is -0.270. The van der Waals surface area contributed by atoms with Crippen molar-refractivity contribution in [2.45, 2.75) is 95.4 Å². The fraction of sp³-hybridized carbons (Fsp3) is 0.875. The Kier molecular flexibility index (Phi) is 5.86. The van der Waals surface area contributed by atoms with Crippen molar-refractivity contribution >= 4 is 5.97 Å². The average Bonchev–Trinajstić information content (AvgIpc) is 2.99. The summed E-state index contributed by atoms with van der Waals surface area (Å²) in [7, 11) is 1.71. The predicted molar refractivity (Wildman–Crippen MR) is 112 cm³/mol. The Bertz CT molecular complexity index is 663. The lowest BCUT2D eigenvalue weighted by Crippen LogP contribution is -2.69. The van der Waals surface area contributed by atoms with Crippen molar-refractivity contribution in [3.63, 3.8) is 0 Å². The van der Waals surface area contributed by atoms with E-state index in [-0.39, 0.29) is 29.3 Å². The van der Waals surface area contributed by atoms with Gasteiger partial charge in [-0.25, -0.2) is 0 Å². The van der Waals surface area contributed by atoms with E-state index in [9.17, 15) is 9.90 Å². The Morgan fingerprint density at radius 3 is 2.79 bits per heavy atom. The van der Waals surface area contributed by atoms with E-state index in [4.69, 9.17) is 9.47 Å². The molecule has 1 saturated heterocycles. The molecule has 0 bridgehead atoms. The second-order valence-electron chi connectivity index (χ2n) is 10.4. The molecule has 0 radical (unpaired) electrons. The van der Waals surface area contributed by atoms with Gasteiger partial charge < -0.3 is 19.9 Å². The van der Waals surface area contributed by atoms with Gasteiger partial charge >= 0.3 is 5.97 Å². The minimum Gasteiger partial charge on any atom is -0.462 e. The number of nitrogens with one attached hydrogen (secondary N) is 1. The zero-order valence-electron chi connectivity index (χ0n) is 18.5. The zero-order chi connectivity index (χ0) is 20.7. The van der Waals surface area contributed by atoms with E-state index in [1.165, 1.54) is 25.7 Å². The van der Waals surface area contributed by atoms with Crippen molar-refractivity contribution in [1.29, 1.82) is 0 Å². The molecule has 0 aromatic carbocycles. The number of aliphatic hydroxyl groups is 1. The van der Waals surface area contributed by atoms with Crippen LogP contribution in [0.2, 0.25) is 0 Å². The van der Waals surface area contributed by atoms with Crippen molar-refractivity contribution in [3.05, 3.63) is 11.6 Å². The van der Waals surface area contributed by atoms with Gasteiger partial charge in [0.25, 0.3) is 0 Å². The summed E-state index contributed by atoms with van der Waals surface area (Å²) >= 11 is 0. The van der Waals surface area contributed by atoms with Crippen LogP contribution in [0.5, 0.6) is 0 Å². The van der Waals surface area contributed by atoms with Crippen LogP contribution in [0.25, 0.3) is 0 Å². The normalized spacial score (nSPS) is 44.6. The van der Waals surface area contributed by atoms with Crippen LogP contribution < -0.4 is 5.32 Å². The smallest absolute Gasteiger partial charge is 0.310 e. The fourth-order valence-electron chi connectivity index (χ4n) is 6.75. The van der Waals surface area contributed by atoms with Crippen molar-refractivity contribution in [3.8, 4) is 0 Å².